The Bertz CT molecular complexity index is 1170. The molecule has 2 aromatic carbocycles. The van der Waals surface area contributed by atoms with Gasteiger partial charge in [-0.25, -0.2) is 17.8 Å². The molecule has 1 fully saturated rings. The number of nitrogens with one attached hydrogen (secondary N) is 1. The Balaban J connectivity index is 1.47. The van der Waals surface area contributed by atoms with E-state index < -0.39 is 10.0 Å². The van der Waals surface area contributed by atoms with Crippen LogP contribution >= 0.6 is 11.3 Å². The van der Waals surface area contributed by atoms with E-state index in [4.69, 9.17) is 0 Å². The van der Waals surface area contributed by atoms with Crippen LogP contribution in [0.2, 0.25) is 0 Å². The first-order valence-corrected chi connectivity index (χ1v) is 11.7. The average Bonchev–Trinajstić information content (AvgIpc) is 3.07. The fraction of sp³-hybridized carbons (Fsp3) is 0.263. The van der Waals surface area contributed by atoms with Crippen molar-refractivity contribution in [3.05, 3.63) is 53.8 Å². The molecule has 1 aliphatic rings. The summed E-state index contributed by atoms with van der Waals surface area (Å²) in [5, 5.41) is 0.269. The van der Waals surface area contributed by atoms with Crippen molar-refractivity contribution in [3.63, 3.8) is 0 Å². The van der Waals surface area contributed by atoms with Crippen molar-refractivity contribution in [1.82, 2.24) is 9.88 Å². The number of benzene rings is 2. The molecule has 10 heteroatoms. The molecule has 0 spiro atoms. The van der Waals surface area contributed by atoms with Crippen molar-refractivity contribution >= 4 is 48.3 Å². The van der Waals surface area contributed by atoms with Gasteiger partial charge in [0.25, 0.3) is 5.91 Å². The number of nitrogens with zero attached hydrogens (tertiary/aromatic N) is 3. The lowest BCUT2D eigenvalue weighted by Gasteiger charge is -2.36. The highest BCUT2D eigenvalue weighted by Gasteiger charge is 2.24. The Kier molecular flexibility index (Phi) is 5.13. The third-order valence-electron chi connectivity index (χ3n) is 4.67. The number of thiazole rings is 1. The van der Waals surface area contributed by atoms with E-state index >= 15 is 0 Å². The minimum atomic E-state index is -3.41. The standard InChI is InChI=1S/C19H19FN4O3S2/c1-29(26,27)22-19-21-15-7-6-13(12-17(15)28-19)18(25)24-10-8-23(9-11-24)16-5-3-2-4-14(16)20/h2-7,12H,8-11H2,1H3,(H,21,22). The van der Waals surface area contributed by atoms with Crippen LogP contribution in [0.15, 0.2) is 42.5 Å². The summed E-state index contributed by atoms with van der Waals surface area (Å²) in [5.74, 6) is -0.368. The van der Waals surface area contributed by atoms with E-state index in [0.29, 0.717) is 42.9 Å². The molecule has 1 aromatic heterocycles. The SMILES string of the molecule is CS(=O)(=O)Nc1nc2ccc(C(=O)N3CCN(c4ccccc4F)CC3)cc2s1. The maximum Gasteiger partial charge on any atom is 0.254 e. The fourth-order valence-electron chi connectivity index (χ4n) is 3.30. The van der Waals surface area contributed by atoms with Crippen LogP contribution < -0.4 is 9.62 Å². The lowest BCUT2D eigenvalue weighted by atomic mass is 10.1. The van der Waals surface area contributed by atoms with Crippen molar-refractivity contribution in [3.8, 4) is 0 Å². The van der Waals surface area contributed by atoms with Gasteiger partial charge in [-0.2, -0.15) is 0 Å². The zero-order chi connectivity index (χ0) is 20.6. The summed E-state index contributed by atoms with van der Waals surface area (Å²) in [6.45, 7) is 2.10. The predicted molar refractivity (Wildman–Crippen MR) is 113 cm³/mol. The summed E-state index contributed by atoms with van der Waals surface area (Å²) in [6.07, 6.45) is 1.06. The first-order chi connectivity index (χ1) is 13.8. The second kappa shape index (κ2) is 7.60. The highest BCUT2D eigenvalue weighted by molar-refractivity contribution is 7.92. The molecule has 0 aliphatic carbocycles. The van der Waals surface area contributed by atoms with Crippen LogP contribution in [0.3, 0.4) is 0 Å². The topological polar surface area (TPSA) is 82.6 Å². The molecule has 7 nitrogen and oxygen atoms in total. The van der Waals surface area contributed by atoms with Gasteiger partial charge in [0.15, 0.2) is 5.13 Å². The molecular formula is C19H19FN4O3S2. The second-order valence-electron chi connectivity index (χ2n) is 6.81. The molecule has 0 bridgehead atoms. The van der Waals surface area contributed by atoms with Gasteiger partial charge in [0, 0.05) is 31.7 Å². The van der Waals surface area contributed by atoms with E-state index in [9.17, 15) is 17.6 Å². The molecule has 0 radical (unpaired) electrons. The van der Waals surface area contributed by atoms with Crippen LogP contribution in [0, 0.1) is 5.82 Å². The molecule has 1 N–H and O–H groups in total. The summed E-state index contributed by atoms with van der Waals surface area (Å²) in [5.41, 5.74) is 1.70. The molecule has 1 saturated heterocycles. The Morgan fingerprint density at radius 3 is 2.55 bits per heavy atom. The summed E-state index contributed by atoms with van der Waals surface area (Å²) in [6, 6.07) is 11.8. The monoisotopic (exact) mass is 434 g/mol. The maximum atomic E-state index is 14.0. The largest absolute Gasteiger partial charge is 0.366 e. The van der Waals surface area contributed by atoms with Gasteiger partial charge in [0.2, 0.25) is 10.0 Å². The molecule has 29 heavy (non-hydrogen) atoms. The highest BCUT2D eigenvalue weighted by Crippen LogP contribution is 2.28. The molecule has 4 rings (SSSR count). The quantitative estimate of drug-likeness (QED) is 0.683. The van der Waals surface area contributed by atoms with Gasteiger partial charge in [-0.1, -0.05) is 23.5 Å². The number of aromatic nitrogens is 1. The third-order valence-corrected chi connectivity index (χ3v) is 6.30. The van der Waals surface area contributed by atoms with E-state index in [1.165, 1.54) is 17.4 Å². The number of rotatable bonds is 4. The van der Waals surface area contributed by atoms with Crippen LogP contribution in [0.4, 0.5) is 15.2 Å². The number of para-hydroxylation sites is 1. The summed E-state index contributed by atoms with van der Waals surface area (Å²) in [7, 11) is -3.41. The van der Waals surface area contributed by atoms with Gasteiger partial charge >= 0.3 is 0 Å². The van der Waals surface area contributed by atoms with Crippen LogP contribution in [-0.2, 0) is 10.0 Å². The molecular weight excluding hydrogens is 415 g/mol. The van der Waals surface area contributed by atoms with Crippen molar-refractivity contribution < 1.29 is 17.6 Å². The van der Waals surface area contributed by atoms with Crippen LogP contribution in [-0.4, -0.2) is 56.6 Å². The third kappa shape index (κ3) is 4.33. The van der Waals surface area contributed by atoms with Gasteiger partial charge < -0.3 is 9.80 Å². The predicted octanol–water partition coefficient (Wildman–Crippen LogP) is 2.77. The van der Waals surface area contributed by atoms with E-state index in [2.05, 4.69) is 9.71 Å². The number of hydrogen-bond donors (Lipinski definition) is 1. The molecule has 2 heterocycles. The van der Waals surface area contributed by atoms with Crippen LogP contribution in [0.25, 0.3) is 10.2 Å². The van der Waals surface area contributed by atoms with Crippen molar-refractivity contribution in [2.45, 2.75) is 0 Å². The Morgan fingerprint density at radius 1 is 1.14 bits per heavy atom. The molecule has 1 aliphatic heterocycles. The smallest absolute Gasteiger partial charge is 0.254 e. The lowest BCUT2D eigenvalue weighted by molar-refractivity contribution is 0.0747. The van der Waals surface area contributed by atoms with E-state index in [-0.39, 0.29) is 16.9 Å². The number of sulfonamides is 1. The number of carbonyl (C=O) groups is 1. The number of anilines is 2. The Hall–Kier alpha value is -2.72. The number of piperazine rings is 1. The van der Waals surface area contributed by atoms with E-state index in [0.717, 1.165) is 11.0 Å². The zero-order valence-electron chi connectivity index (χ0n) is 15.6. The van der Waals surface area contributed by atoms with Gasteiger partial charge in [0.1, 0.15) is 5.82 Å². The van der Waals surface area contributed by atoms with Gasteiger partial charge in [-0.3, -0.25) is 9.52 Å². The number of amides is 1. The summed E-state index contributed by atoms with van der Waals surface area (Å²) >= 11 is 1.18. The first kappa shape index (κ1) is 19.6. The summed E-state index contributed by atoms with van der Waals surface area (Å²) < 4.78 is 39.8. The Morgan fingerprint density at radius 2 is 1.86 bits per heavy atom. The number of fused-ring (bicyclic) bond motifs is 1. The zero-order valence-corrected chi connectivity index (χ0v) is 17.3. The normalized spacial score (nSPS) is 15.0. The van der Waals surface area contributed by atoms with Crippen LogP contribution in [0.1, 0.15) is 10.4 Å². The van der Waals surface area contributed by atoms with Gasteiger partial charge in [-0.05, 0) is 30.3 Å². The molecule has 1 amide bonds. The number of hydrogen-bond acceptors (Lipinski definition) is 6. The lowest BCUT2D eigenvalue weighted by Crippen LogP contribution is -2.49. The maximum absolute atomic E-state index is 14.0. The first-order valence-electron chi connectivity index (χ1n) is 8.97. The van der Waals surface area contributed by atoms with Crippen molar-refractivity contribution in [2.24, 2.45) is 0 Å². The fourth-order valence-corrected chi connectivity index (χ4v) is 5.04. The van der Waals surface area contributed by atoms with Crippen LogP contribution in [0.5, 0.6) is 0 Å². The second-order valence-corrected chi connectivity index (χ2v) is 9.59. The summed E-state index contributed by atoms with van der Waals surface area (Å²) in [4.78, 5) is 20.8. The minimum Gasteiger partial charge on any atom is -0.366 e. The van der Waals surface area contributed by atoms with Gasteiger partial charge in [0.05, 0.1) is 22.2 Å². The van der Waals surface area contributed by atoms with E-state index in [1.807, 2.05) is 4.90 Å². The van der Waals surface area contributed by atoms with Crippen molar-refractivity contribution in [1.29, 1.82) is 0 Å². The van der Waals surface area contributed by atoms with Crippen molar-refractivity contribution in [2.75, 3.05) is 42.1 Å². The molecule has 0 unspecified atom stereocenters. The average molecular weight is 435 g/mol. The molecule has 152 valence electrons. The molecule has 0 atom stereocenters. The van der Waals surface area contributed by atoms with Gasteiger partial charge in [-0.15, -0.1) is 0 Å². The number of carbonyl (C=O) groups excluding carboxylic acids is 1. The number of halogens is 1. The molecule has 3 aromatic rings. The minimum absolute atomic E-state index is 0.105. The van der Waals surface area contributed by atoms with E-state index in [1.54, 1.807) is 41.3 Å². The highest BCUT2D eigenvalue weighted by atomic mass is 32.2. The Labute approximate surface area is 171 Å². The molecule has 0 saturated carbocycles.